The predicted molar refractivity (Wildman–Crippen MR) is 168 cm³/mol. The van der Waals surface area contributed by atoms with E-state index < -0.39 is 10.0 Å². The fraction of sp³-hybridized carbons (Fsp3) is 0.242. The third kappa shape index (κ3) is 5.04. The van der Waals surface area contributed by atoms with Crippen LogP contribution in [0.2, 0.25) is 10.0 Å². The molecule has 1 heterocycles. The lowest BCUT2D eigenvalue weighted by molar-refractivity contribution is 0.102. The molecule has 214 valence electrons. The number of benzene rings is 4. The van der Waals surface area contributed by atoms with Crippen molar-refractivity contribution in [3.8, 4) is 0 Å². The fourth-order valence-corrected chi connectivity index (χ4v) is 8.93. The molecule has 9 heteroatoms. The molecular formula is C33H29Cl2N3O3S. The summed E-state index contributed by atoms with van der Waals surface area (Å²) >= 11 is 12.0. The summed E-state index contributed by atoms with van der Waals surface area (Å²) in [5.41, 5.74) is 5.02. The van der Waals surface area contributed by atoms with Crippen LogP contribution in [0.3, 0.4) is 0 Å². The van der Waals surface area contributed by atoms with E-state index in [1.165, 1.54) is 60.7 Å². The average molecular weight is 619 g/mol. The topological polar surface area (TPSA) is 87.3 Å². The minimum atomic E-state index is -3.88. The third-order valence-corrected chi connectivity index (χ3v) is 10.9. The Balaban J connectivity index is 1.10. The van der Waals surface area contributed by atoms with Gasteiger partial charge in [-0.15, -0.1) is 0 Å². The highest BCUT2D eigenvalue weighted by atomic mass is 35.5. The second kappa shape index (κ2) is 10.6. The molecule has 6 nitrogen and oxygen atoms in total. The number of halogens is 2. The Kier molecular flexibility index (Phi) is 6.92. The Bertz CT molecular complexity index is 1760. The molecule has 5 atom stereocenters. The van der Waals surface area contributed by atoms with Gasteiger partial charge in [0.15, 0.2) is 0 Å². The van der Waals surface area contributed by atoms with Gasteiger partial charge in [-0.3, -0.25) is 9.52 Å². The molecule has 3 aliphatic rings. The molecule has 2 aliphatic carbocycles. The molecule has 4 aromatic rings. The minimum Gasteiger partial charge on any atom is -0.378 e. The first-order valence-electron chi connectivity index (χ1n) is 14.1. The summed E-state index contributed by atoms with van der Waals surface area (Å²) < 4.78 is 28.3. The van der Waals surface area contributed by atoms with Gasteiger partial charge in [0, 0.05) is 27.0 Å². The van der Waals surface area contributed by atoms with Crippen molar-refractivity contribution in [3.63, 3.8) is 0 Å². The Morgan fingerprint density at radius 3 is 2.26 bits per heavy atom. The zero-order chi connectivity index (χ0) is 29.0. The normalized spacial score (nSPS) is 23.9. The van der Waals surface area contributed by atoms with E-state index in [1.54, 1.807) is 12.1 Å². The maximum atomic E-state index is 13.3. The summed E-state index contributed by atoms with van der Waals surface area (Å²) in [6.45, 7) is 0. The molecule has 2 bridgehead atoms. The number of rotatable bonds is 6. The number of amides is 1. The molecule has 0 spiro atoms. The number of carbonyl (C=O) groups excluding carboxylic acids is 1. The monoisotopic (exact) mass is 617 g/mol. The van der Waals surface area contributed by atoms with Crippen LogP contribution in [0.1, 0.15) is 52.7 Å². The third-order valence-electron chi connectivity index (χ3n) is 9.05. The van der Waals surface area contributed by atoms with E-state index in [0.717, 1.165) is 5.69 Å². The van der Waals surface area contributed by atoms with Gasteiger partial charge in [-0.2, -0.15) is 0 Å². The SMILES string of the molecule is O=C(Nc1ccc(S(=O)(=O)Nc2cc(Cl)cc(Cl)c2)cc1)c1ccc2c(c1)[C@@H]1[C@H]3CC[C@@H](C3)[C@H]1[C@@H](c1ccccc1)N2. The van der Waals surface area contributed by atoms with Gasteiger partial charge in [-0.1, -0.05) is 53.5 Å². The van der Waals surface area contributed by atoms with Crippen molar-refractivity contribution < 1.29 is 13.2 Å². The summed E-state index contributed by atoms with van der Waals surface area (Å²) in [4.78, 5) is 13.4. The van der Waals surface area contributed by atoms with Gasteiger partial charge < -0.3 is 10.6 Å². The van der Waals surface area contributed by atoms with Crippen molar-refractivity contribution >= 4 is 56.2 Å². The number of sulfonamides is 1. The van der Waals surface area contributed by atoms with Crippen molar-refractivity contribution in [2.75, 3.05) is 15.4 Å². The molecule has 7 rings (SSSR count). The average Bonchev–Trinajstić information content (AvgIpc) is 3.60. The van der Waals surface area contributed by atoms with Crippen LogP contribution in [0, 0.1) is 17.8 Å². The van der Waals surface area contributed by atoms with E-state index in [4.69, 9.17) is 23.2 Å². The van der Waals surface area contributed by atoms with Gasteiger partial charge in [0.1, 0.15) is 0 Å². The van der Waals surface area contributed by atoms with E-state index in [9.17, 15) is 13.2 Å². The highest BCUT2D eigenvalue weighted by Gasteiger charge is 2.53. The van der Waals surface area contributed by atoms with Gasteiger partial charge in [-0.05, 0) is 115 Å². The van der Waals surface area contributed by atoms with Gasteiger partial charge in [0.2, 0.25) is 0 Å². The lowest BCUT2D eigenvalue weighted by Crippen LogP contribution is -2.35. The molecule has 3 N–H and O–H groups in total. The van der Waals surface area contributed by atoms with E-state index in [0.29, 0.717) is 45.0 Å². The summed E-state index contributed by atoms with van der Waals surface area (Å²) in [6.07, 6.45) is 3.78. The number of carbonyl (C=O) groups is 1. The molecule has 1 amide bonds. The number of anilines is 3. The van der Waals surface area contributed by atoms with E-state index in [-0.39, 0.29) is 22.5 Å². The number of hydrogen-bond donors (Lipinski definition) is 3. The summed E-state index contributed by atoms with van der Waals surface area (Å²) in [6, 6.07) is 27.5. The lowest BCUT2D eigenvalue weighted by Gasteiger charge is -2.43. The fourth-order valence-electron chi connectivity index (χ4n) is 7.37. The van der Waals surface area contributed by atoms with Crippen LogP contribution in [-0.2, 0) is 10.0 Å². The maximum absolute atomic E-state index is 13.3. The summed E-state index contributed by atoms with van der Waals surface area (Å²) in [5, 5.41) is 7.39. The number of hydrogen-bond acceptors (Lipinski definition) is 4. The number of fused-ring (bicyclic) bond motifs is 7. The van der Waals surface area contributed by atoms with Crippen LogP contribution >= 0.6 is 23.2 Å². The van der Waals surface area contributed by atoms with E-state index >= 15 is 0 Å². The van der Waals surface area contributed by atoms with E-state index in [1.807, 2.05) is 12.1 Å². The molecular weight excluding hydrogens is 589 g/mol. The van der Waals surface area contributed by atoms with Crippen LogP contribution in [0.4, 0.5) is 17.1 Å². The minimum absolute atomic E-state index is 0.0479. The van der Waals surface area contributed by atoms with Gasteiger partial charge in [-0.25, -0.2) is 8.42 Å². The first-order chi connectivity index (χ1) is 20.2. The Morgan fingerprint density at radius 2 is 1.52 bits per heavy atom. The standard InChI is InChI=1S/C33H29Cl2N3O3S/c34-23-16-24(35)18-26(17-23)38-42(40,41)27-11-9-25(10-12-27)36-33(39)22-8-13-29-28(15-22)30-20-6-7-21(14-20)31(30)32(37-29)19-4-2-1-3-5-19/h1-5,8-13,15-18,20-21,30-32,37-38H,6-7,14H2,(H,36,39)/t20-,21-,30-,31+,32+/m0/s1. The zero-order valence-electron chi connectivity index (χ0n) is 22.6. The molecule has 2 saturated carbocycles. The van der Waals surface area contributed by atoms with Crippen LogP contribution in [-0.4, -0.2) is 14.3 Å². The highest BCUT2D eigenvalue weighted by molar-refractivity contribution is 7.92. The lowest BCUT2D eigenvalue weighted by atomic mass is 9.68. The second-order valence-electron chi connectivity index (χ2n) is 11.5. The summed E-state index contributed by atoms with van der Waals surface area (Å²) in [5.74, 6) is 2.07. The molecule has 4 aromatic carbocycles. The largest absolute Gasteiger partial charge is 0.378 e. The van der Waals surface area contributed by atoms with Gasteiger partial charge in [0.05, 0.1) is 16.6 Å². The molecule has 2 fully saturated rings. The zero-order valence-corrected chi connectivity index (χ0v) is 24.9. The van der Waals surface area contributed by atoms with Crippen molar-refractivity contribution in [1.82, 2.24) is 0 Å². The van der Waals surface area contributed by atoms with Crippen molar-refractivity contribution in [1.29, 1.82) is 0 Å². The smallest absolute Gasteiger partial charge is 0.261 e. The van der Waals surface area contributed by atoms with Gasteiger partial charge >= 0.3 is 0 Å². The van der Waals surface area contributed by atoms with Crippen molar-refractivity contribution in [3.05, 3.63) is 118 Å². The quantitative estimate of drug-likeness (QED) is 0.203. The van der Waals surface area contributed by atoms with Gasteiger partial charge in [0.25, 0.3) is 15.9 Å². The van der Waals surface area contributed by atoms with Crippen molar-refractivity contribution in [2.45, 2.75) is 36.1 Å². The molecule has 42 heavy (non-hydrogen) atoms. The van der Waals surface area contributed by atoms with E-state index in [2.05, 4.69) is 51.8 Å². The van der Waals surface area contributed by atoms with Crippen LogP contribution in [0.5, 0.6) is 0 Å². The first kappa shape index (κ1) is 27.3. The predicted octanol–water partition coefficient (Wildman–Crippen LogP) is 8.34. The molecule has 0 aromatic heterocycles. The Hall–Kier alpha value is -3.52. The maximum Gasteiger partial charge on any atom is 0.261 e. The highest BCUT2D eigenvalue weighted by Crippen LogP contribution is 2.63. The van der Waals surface area contributed by atoms with Crippen LogP contribution in [0.15, 0.2) is 95.9 Å². The Morgan fingerprint density at radius 1 is 0.810 bits per heavy atom. The Labute approximate surface area is 255 Å². The first-order valence-corrected chi connectivity index (χ1v) is 16.3. The number of nitrogens with one attached hydrogen (secondary N) is 3. The molecule has 0 saturated heterocycles. The molecule has 0 unspecified atom stereocenters. The second-order valence-corrected chi connectivity index (χ2v) is 14.1. The van der Waals surface area contributed by atoms with Crippen LogP contribution < -0.4 is 15.4 Å². The molecule has 0 radical (unpaired) electrons. The van der Waals surface area contributed by atoms with Crippen LogP contribution in [0.25, 0.3) is 0 Å². The molecule has 1 aliphatic heterocycles. The summed E-state index contributed by atoms with van der Waals surface area (Å²) in [7, 11) is -3.88. The van der Waals surface area contributed by atoms with Crippen molar-refractivity contribution in [2.24, 2.45) is 17.8 Å².